The van der Waals surface area contributed by atoms with Crippen molar-refractivity contribution in [2.24, 2.45) is 0 Å². The van der Waals surface area contributed by atoms with Crippen LogP contribution in [0.5, 0.6) is 0 Å². The van der Waals surface area contributed by atoms with Crippen molar-refractivity contribution in [1.82, 2.24) is 30.6 Å². The standard InChI is InChI=1S/C20H14N6O2S3/c1-3-7-13(8-4-1)17-23-21-15(27-17)11-29-19-25-26-20(31-19)30-12-16-22-24-18(28-16)14-9-5-2-6-10-14/h1-10H,11-12H2. The summed E-state index contributed by atoms with van der Waals surface area (Å²) in [7, 11) is 0. The van der Waals surface area contributed by atoms with E-state index in [9.17, 15) is 0 Å². The highest BCUT2D eigenvalue weighted by Crippen LogP contribution is 2.32. The Morgan fingerprint density at radius 1 is 0.581 bits per heavy atom. The van der Waals surface area contributed by atoms with Gasteiger partial charge in [-0.15, -0.1) is 30.6 Å². The van der Waals surface area contributed by atoms with E-state index in [-0.39, 0.29) is 0 Å². The van der Waals surface area contributed by atoms with Gasteiger partial charge in [-0.05, 0) is 24.3 Å². The fraction of sp³-hybridized carbons (Fsp3) is 0.100. The molecule has 0 unspecified atom stereocenters. The molecular formula is C20H14N6O2S3. The molecule has 0 amide bonds. The van der Waals surface area contributed by atoms with Crippen molar-refractivity contribution in [3.8, 4) is 22.9 Å². The minimum Gasteiger partial charge on any atom is -0.420 e. The van der Waals surface area contributed by atoms with Gasteiger partial charge in [-0.3, -0.25) is 0 Å². The Hall–Kier alpha value is -3.02. The lowest BCUT2D eigenvalue weighted by Gasteiger charge is -1.93. The second-order valence-electron chi connectivity index (χ2n) is 6.15. The van der Waals surface area contributed by atoms with E-state index in [2.05, 4.69) is 30.6 Å². The Kier molecular flexibility index (Phi) is 6.05. The number of thioether (sulfide) groups is 2. The summed E-state index contributed by atoms with van der Waals surface area (Å²) in [5.74, 6) is 3.19. The Labute approximate surface area is 189 Å². The minimum absolute atomic E-state index is 0.513. The highest BCUT2D eigenvalue weighted by molar-refractivity contribution is 8.02. The van der Waals surface area contributed by atoms with Crippen molar-refractivity contribution in [2.75, 3.05) is 0 Å². The van der Waals surface area contributed by atoms with Crippen molar-refractivity contribution in [3.05, 3.63) is 72.4 Å². The highest BCUT2D eigenvalue weighted by Gasteiger charge is 2.13. The number of nitrogens with zero attached hydrogens (tertiary/aromatic N) is 6. The minimum atomic E-state index is 0.513. The van der Waals surface area contributed by atoms with Crippen molar-refractivity contribution in [3.63, 3.8) is 0 Å². The van der Waals surface area contributed by atoms with Crippen LogP contribution in [0.3, 0.4) is 0 Å². The fourth-order valence-corrected chi connectivity index (χ4v) is 5.27. The Bertz CT molecular complexity index is 1160. The summed E-state index contributed by atoms with van der Waals surface area (Å²) in [4.78, 5) is 0. The van der Waals surface area contributed by atoms with Gasteiger partial charge in [0.1, 0.15) is 0 Å². The van der Waals surface area contributed by atoms with Gasteiger partial charge in [-0.25, -0.2) is 0 Å². The van der Waals surface area contributed by atoms with Crippen molar-refractivity contribution >= 4 is 34.9 Å². The van der Waals surface area contributed by atoms with Crippen molar-refractivity contribution in [1.29, 1.82) is 0 Å². The first-order valence-corrected chi connectivity index (χ1v) is 12.0. The molecule has 2 aromatic carbocycles. The molecule has 3 aromatic heterocycles. The third-order valence-corrected chi connectivity index (χ3v) is 7.16. The predicted molar refractivity (Wildman–Crippen MR) is 118 cm³/mol. The van der Waals surface area contributed by atoms with Gasteiger partial charge >= 0.3 is 0 Å². The average Bonchev–Trinajstić information content (AvgIpc) is 3.58. The first-order chi connectivity index (χ1) is 15.3. The zero-order valence-corrected chi connectivity index (χ0v) is 18.4. The summed E-state index contributed by atoms with van der Waals surface area (Å²) in [6.07, 6.45) is 0. The molecule has 154 valence electrons. The first-order valence-electron chi connectivity index (χ1n) is 9.18. The van der Waals surface area contributed by atoms with E-state index in [4.69, 9.17) is 8.83 Å². The van der Waals surface area contributed by atoms with Gasteiger partial charge in [-0.1, -0.05) is 71.3 Å². The molecule has 0 spiro atoms. The molecule has 11 heteroatoms. The number of hydrogen-bond donors (Lipinski definition) is 0. The molecule has 3 heterocycles. The lowest BCUT2D eigenvalue weighted by Crippen LogP contribution is -1.80. The number of hydrogen-bond acceptors (Lipinski definition) is 11. The summed E-state index contributed by atoms with van der Waals surface area (Å²) < 4.78 is 13.1. The molecule has 5 rings (SSSR count). The summed E-state index contributed by atoms with van der Waals surface area (Å²) >= 11 is 4.52. The molecule has 0 bridgehead atoms. The zero-order valence-electron chi connectivity index (χ0n) is 15.9. The molecule has 0 fully saturated rings. The topological polar surface area (TPSA) is 104 Å². The first kappa shape index (κ1) is 19.9. The third-order valence-electron chi connectivity index (χ3n) is 4.00. The second-order valence-corrected chi connectivity index (χ2v) is 9.57. The monoisotopic (exact) mass is 466 g/mol. The lowest BCUT2D eigenvalue weighted by molar-refractivity contribution is 0.528. The van der Waals surface area contributed by atoms with Gasteiger partial charge in [0.05, 0.1) is 11.5 Å². The molecular weight excluding hydrogens is 452 g/mol. The Morgan fingerprint density at radius 2 is 1.03 bits per heavy atom. The van der Waals surface area contributed by atoms with Crippen LogP contribution in [0.4, 0.5) is 0 Å². The second kappa shape index (κ2) is 9.41. The van der Waals surface area contributed by atoms with Crippen LogP contribution in [0.25, 0.3) is 22.9 Å². The van der Waals surface area contributed by atoms with Gasteiger partial charge in [-0.2, -0.15) is 0 Å². The van der Waals surface area contributed by atoms with Gasteiger partial charge in [0.25, 0.3) is 0 Å². The summed E-state index contributed by atoms with van der Waals surface area (Å²) in [5.41, 5.74) is 1.80. The molecule has 0 saturated heterocycles. The van der Waals surface area contributed by atoms with Gasteiger partial charge in [0.2, 0.25) is 23.6 Å². The molecule has 8 nitrogen and oxygen atoms in total. The molecule has 31 heavy (non-hydrogen) atoms. The molecule has 0 aliphatic rings. The molecule has 0 saturated carbocycles. The van der Waals surface area contributed by atoms with Crippen LogP contribution in [-0.4, -0.2) is 30.6 Å². The lowest BCUT2D eigenvalue weighted by atomic mass is 10.2. The van der Waals surface area contributed by atoms with Crippen LogP contribution in [0.2, 0.25) is 0 Å². The zero-order chi connectivity index (χ0) is 20.9. The van der Waals surface area contributed by atoms with Crippen molar-refractivity contribution in [2.45, 2.75) is 20.2 Å². The SMILES string of the molecule is c1ccc(-c2nnc(CSc3nnc(SCc4nnc(-c5ccccc5)o4)s3)o2)cc1. The Balaban J connectivity index is 1.14. The van der Waals surface area contributed by atoms with Crippen LogP contribution >= 0.6 is 34.9 Å². The molecule has 0 N–H and O–H groups in total. The summed E-state index contributed by atoms with van der Waals surface area (Å²) in [5, 5.41) is 24.8. The van der Waals surface area contributed by atoms with Crippen LogP contribution < -0.4 is 0 Å². The maximum absolute atomic E-state index is 5.72. The number of benzene rings is 2. The van der Waals surface area contributed by atoms with Crippen LogP contribution in [0.1, 0.15) is 11.8 Å². The third kappa shape index (κ3) is 5.01. The highest BCUT2D eigenvalue weighted by atomic mass is 32.2. The average molecular weight is 467 g/mol. The van der Waals surface area contributed by atoms with E-state index in [0.29, 0.717) is 35.1 Å². The molecule has 0 atom stereocenters. The van der Waals surface area contributed by atoms with E-state index < -0.39 is 0 Å². The van der Waals surface area contributed by atoms with Crippen LogP contribution in [0.15, 0.2) is 78.2 Å². The molecule has 0 radical (unpaired) electrons. The van der Waals surface area contributed by atoms with Crippen LogP contribution in [0, 0.1) is 0 Å². The fourth-order valence-electron chi connectivity index (χ4n) is 2.58. The smallest absolute Gasteiger partial charge is 0.247 e. The predicted octanol–water partition coefficient (Wildman–Crippen LogP) is 5.22. The quantitative estimate of drug-likeness (QED) is 0.283. The van der Waals surface area contributed by atoms with E-state index in [1.807, 2.05) is 60.7 Å². The van der Waals surface area contributed by atoms with Crippen LogP contribution in [-0.2, 0) is 11.5 Å². The summed E-state index contributed by atoms with van der Waals surface area (Å²) in [6.45, 7) is 0. The van der Waals surface area contributed by atoms with Gasteiger partial charge < -0.3 is 8.83 Å². The van der Waals surface area contributed by atoms with E-state index in [1.54, 1.807) is 0 Å². The maximum Gasteiger partial charge on any atom is 0.247 e. The summed E-state index contributed by atoms with van der Waals surface area (Å²) in [6, 6.07) is 19.4. The number of rotatable bonds is 8. The van der Waals surface area contributed by atoms with Crippen molar-refractivity contribution < 1.29 is 8.83 Å². The molecule has 0 aliphatic heterocycles. The van der Waals surface area contributed by atoms with E-state index in [0.717, 1.165) is 19.8 Å². The normalized spacial score (nSPS) is 11.1. The van der Waals surface area contributed by atoms with E-state index >= 15 is 0 Å². The largest absolute Gasteiger partial charge is 0.420 e. The number of aromatic nitrogens is 6. The molecule has 0 aliphatic carbocycles. The Morgan fingerprint density at radius 3 is 1.48 bits per heavy atom. The van der Waals surface area contributed by atoms with E-state index in [1.165, 1.54) is 34.9 Å². The van der Waals surface area contributed by atoms with Gasteiger partial charge in [0.15, 0.2) is 8.68 Å². The molecule has 5 aromatic rings. The maximum atomic E-state index is 5.72. The van der Waals surface area contributed by atoms with Gasteiger partial charge in [0, 0.05) is 11.1 Å².